The van der Waals surface area contributed by atoms with Crippen LogP contribution in [0.15, 0.2) is 46.6 Å². The van der Waals surface area contributed by atoms with Gasteiger partial charge in [0.1, 0.15) is 28.9 Å². The van der Waals surface area contributed by atoms with Gasteiger partial charge in [0, 0.05) is 11.1 Å². The van der Waals surface area contributed by atoms with Gasteiger partial charge in [-0.05, 0) is 24.5 Å². The highest BCUT2D eigenvalue weighted by Gasteiger charge is 2.54. The van der Waals surface area contributed by atoms with E-state index in [4.69, 9.17) is 4.84 Å². The molecule has 0 radical (unpaired) electrons. The van der Waals surface area contributed by atoms with Crippen LogP contribution in [-0.2, 0) is 24.0 Å². The molecule has 2 aliphatic heterocycles. The number of fused-ring (bicyclic) bond motifs is 1. The van der Waals surface area contributed by atoms with E-state index < -0.39 is 29.2 Å². The van der Waals surface area contributed by atoms with Crippen LogP contribution in [0.5, 0.6) is 0 Å². The fourth-order valence-electron chi connectivity index (χ4n) is 3.53. The lowest BCUT2D eigenvalue weighted by Crippen LogP contribution is -2.71. The number of allylic oxidation sites excluding steroid dienone is 2. The molecule has 4 rings (SSSR count). The molecule has 33 heavy (non-hydrogen) atoms. The van der Waals surface area contributed by atoms with Gasteiger partial charge in [0.05, 0.1) is 0 Å². The highest BCUT2D eigenvalue weighted by atomic mass is 32.2. The van der Waals surface area contributed by atoms with Crippen LogP contribution in [0.4, 0.5) is 5.13 Å². The first kappa shape index (κ1) is 22.7. The molecule has 0 spiro atoms. The fraction of sp³-hybridized carbons (Fsp3) is 0.300. The number of thioether (sulfide) groups is 1. The van der Waals surface area contributed by atoms with Gasteiger partial charge in [0.25, 0.3) is 11.8 Å². The molecule has 1 aliphatic carbocycles. The second kappa shape index (κ2) is 9.58. The Bertz CT molecular complexity index is 1110. The van der Waals surface area contributed by atoms with E-state index in [0.717, 1.165) is 29.1 Å². The van der Waals surface area contributed by atoms with Crippen molar-refractivity contribution in [3.8, 4) is 0 Å². The minimum Gasteiger partial charge on any atom is -0.477 e. The summed E-state index contributed by atoms with van der Waals surface area (Å²) >= 11 is 2.43. The van der Waals surface area contributed by atoms with E-state index in [2.05, 4.69) is 27.4 Å². The Morgan fingerprint density at radius 1 is 1.42 bits per heavy atom. The van der Waals surface area contributed by atoms with Crippen molar-refractivity contribution in [3.05, 3.63) is 47.2 Å². The van der Waals surface area contributed by atoms with Crippen LogP contribution in [0, 0.1) is 0 Å². The first-order chi connectivity index (χ1) is 15.9. The molecular formula is C20H19N5O6S2. The van der Waals surface area contributed by atoms with Crippen molar-refractivity contribution >= 4 is 58.1 Å². The van der Waals surface area contributed by atoms with Crippen LogP contribution in [0.3, 0.4) is 0 Å². The Morgan fingerprint density at radius 2 is 2.24 bits per heavy atom. The molecule has 1 saturated heterocycles. The number of rotatable bonds is 9. The molecule has 1 aromatic heterocycles. The van der Waals surface area contributed by atoms with Crippen molar-refractivity contribution in [1.82, 2.24) is 15.2 Å². The minimum atomic E-state index is -1.23. The number of hydrogen-bond donors (Lipinski definition) is 3. The predicted molar refractivity (Wildman–Crippen MR) is 121 cm³/mol. The number of aliphatic carboxylic acids is 1. The number of nitrogens with zero attached hydrogens (tertiary/aromatic N) is 3. The number of carbonyl (C=O) groups is 4. The topological polar surface area (TPSA) is 150 Å². The van der Waals surface area contributed by atoms with Crippen molar-refractivity contribution in [2.45, 2.75) is 30.4 Å². The minimum absolute atomic E-state index is 0.126. The van der Waals surface area contributed by atoms with Gasteiger partial charge < -0.3 is 20.6 Å². The molecule has 0 saturated carbocycles. The third-order valence-electron chi connectivity index (χ3n) is 5.13. The van der Waals surface area contributed by atoms with Crippen LogP contribution in [0.2, 0.25) is 0 Å². The monoisotopic (exact) mass is 489 g/mol. The lowest BCUT2D eigenvalue weighted by atomic mass is 10.0. The molecular weight excluding hydrogens is 470 g/mol. The molecule has 3 N–H and O–H groups in total. The molecule has 1 aromatic rings. The Labute approximate surface area is 196 Å². The first-order valence-electron chi connectivity index (χ1n) is 9.85. The molecule has 3 amide bonds. The van der Waals surface area contributed by atoms with Gasteiger partial charge in [-0.2, -0.15) is 0 Å². The molecule has 0 bridgehead atoms. The van der Waals surface area contributed by atoms with E-state index in [-0.39, 0.29) is 28.3 Å². The highest BCUT2D eigenvalue weighted by Crippen LogP contribution is 2.40. The first-order valence-corrected chi connectivity index (χ1v) is 11.8. The summed E-state index contributed by atoms with van der Waals surface area (Å²) in [4.78, 5) is 59.0. The normalized spacial score (nSPS) is 24.1. The maximum atomic E-state index is 13.1. The standard InChI is InChI=1S/C20H19N5O6S2/c1-2-10-7-32-18-14(17(28)25(18)15(10)19(29)30)23-16(27)13(24-31-11-5-3-4-6-11)12-8-33-20(22-12)21-9-26/h2-3,5,8-9,11,14,18H,1,4,6-7H2,(H,23,27)(H,29,30)(H,21,22,26)/t11?,14?,18-/m0/s1. The van der Waals surface area contributed by atoms with Crippen LogP contribution >= 0.6 is 23.1 Å². The molecule has 1 fully saturated rings. The summed E-state index contributed by atoms with van der Waals surface area (Å²) in [6.45, 7) is 3.61. The number of amides is 3. The van der Waals surface area contributed by atoms with Crippen LogP contribution in [-0.4, -0.2) is 68.2 Å². The Morgan fingerprint density at radius 3 is 2.91 bits per heavy atom. The van der Waals surface area contributed by atoms with Crippen molar-refractivity contribution in [3.63, 3.8) is 0 Å². The quantitative estimate of drug-likeness (QED) is 0.153. The number of carboxylic acid groups (broad SMARTS) is 1. The average molecular weight is 490 g/mol. The lowest BCUT2D eigenvalue weighted by Gasteiger charge is -2.49. The lowest BCUT2D eigenvalue weighted by molar-refractivity contribution is -0.150. The second-order valence-corrected chi connectivity index (χ2v) is 9.10. The second-order valence-electron chi connectivity index (χ2n) is 7.13. The van der Waals surface area contributed by atoms with Gasteiger partial charge in [0.2, 0.25) is 6.41 Å². The zero-order valence-corrected chi connectivity index (χ0v) is 18.7. The molecule has 3 atom stereocenters. The van der Waals surface area contributed by atoms with Gasteiger partial charge in [-0.15, -0.1) is 23.1 Å². The number of thiazole rings is 1. The maximum Gasteiger partial charge on any atom is 0.352 e. The summed E-state index contributed by atoms with van der Waals surface area (Å²) in [5, 5.41) is 19.8. The molecule has 13 heteroatoms. The zero-order chi connectivity index (χ0) is 23.5. The molecule has 0 aromatic carbocycles. The Hall–Kier alpha value is -3.45. The number of hydrogen-bond acceptors (Lipinski definition) is 9. The van der Waals surface area contributed by atoms with Crippen molar-refractivity contribution < 1.29 is 29.1 Å². The summed E-state index contributed by atoms with van der Waals surface area (Å²) in [6, 6.07) is -0.939. The van der Waals surface area contributed by atoms with Gasteiger partial charge in [-0.3, -0.25) is 19.3 Å². The van der Waals surface area contributed by atoms with Gasteiger partial charge in [-0.25, -0.2) is 9.78 Å². The van der Waals surface area contributed by atoms with Crippen molar-refractivity contribution in [1.29, 1.82) is 0 Å². The number of carboxylic acids is 1. The fourth-order valence-corrected chi connectivity index (χ4v) is 5.52. The van der Waals surface area contributed by atoms with E-state index in [1.54, 1.807) is 0 Å². The molecule has 2 unspecified atom stereocenters. The number of anilines is 1. The van der Waals surface area contributed by atoms with E-state index >= 15 is 0 Å². The summed E-state index contributed by atoms with van der Waals surface area (Å²) in [6.07, 6.45) is 6.94. The molecule has 3 aliphatic rings. The van der Waals surface area contributed by atoms with Gasteiger partial charge in [-0.1, -0.05) is 23.9 Å². The number of oxime groups is 1. The zero-order valence-electron chi connectivity index (χ0n) is 17.1. The largest absolute Gasteiger partial charge is 0.477 e. The van der Waals surface area contributed by atoms with Crippen LogP contribution < -0.4 is 10.6 Å². The van der Waals surface area contributed by atoms with Crippen molar-refractivity contribution in [2.24, 2.45) is 5.16 Å². The van der Waals surface area contributed by atoms with Crippen LogP contribution in [0.1, 0.15) is 18.5 Å². The smallest absolute Gasteiger partial charge is 0.352 e. The number of β-lactam (4-membered cyclic amide) rings is 1. The SMILES string of the molecule is C=CC1=C(C(=O)O)N2C(=O)C(NC(=O)C(=NOC3C=CCC3)c3csc(NC=O)n3)[C@@H]2SC1. The molecule has 3 heterocycles. The van der Waals surface area contributed by atoms with E-state index in [1.165, 1.54) is 23.2 Å². The van der Waals surface area contributed by atoms with Gasteiger partial charge >= 0.3 is 5.97 Å². The summed E-state index contributed by atoms with van der Waals surface area (Å²) in [5.41, 5.74) is 0.334. The number of nitrogens with one attached hydrogen (secondary N) is 2. The average Bonchev–Trinajstić information content (AvgIpc) is 3.49. The highest BCUT2D eigenvalue weighted by molar-refractivity contribution is 8.00. The third-order valence-corrected chi connectivity index (χ3v) is 7.20. The number of carbonyl (C=O) groups excluding carboxylic acids is 3. The summed E-state index contributed by atoms with van der Waals surface area (Å²) in [7, 11) is 0. The summed E-state index contributed by atoms with van der Waals surface area (Å²) in [5.74, 6) is -2.13. The predicted octanol–water partition coefficient (Wildman–Crippen LogP) is 1.08. The van der Waals surface area contributed by atoms with Gasteiger partial charge in [0.15, 0.2) is 10.8 Å². The maximum absolute atomic E-state index is 13.1. The van der Waals surface area contributed by atoms with E-state index in [9.17, 15) is 24.3 Å². The van der Waals surface area contributed by atoms with E-state index in [0.29, 0.717) is 17.7 Å². The Balaban J connectivity index is 1.54. The molecule has 172 valence electrons. The van der Waals surface area contributed by atoms with E-state index in [1.807, 2.05) is 12.2 Å². The Kier molecular flexibility index (Phi) is 6.60. The van der Waals surface area contributed by atoms with Crippen LogP contribution in [0.25, 0.3) is 0 Å². The summed E-state index contributed by atoms with van der Waals surface area (Å²) < 4.78 is 0. The third kappa shape index (κ3) is 4.41. The van der Waals surface area contributed by atoms with Crippen molar-refractivity contribution in [2.75, 3.05) is 11.1 Å². The number of aromatic nitrogens is 1. The molecule has 11 nitrogen and oxygen atoms in total.